The highest BCUT2D eigenvalue weighted by molar-refractivity contribution is 5.25. The highest BCUT2D eigenvalue weighted by Gasteiger charge is 2.30. The van der Waals surface area contributed by atoms with Crippen LogP contribution < -0.4 is 0 Å². The molecule has 0 aliphatic heterocycles. The predicted octanol–water partition coefficient (Wildman–Crippen LogP) is 3.92. The van der Waals surface area contributed by atoms with Gasteiger partial charge in [-0.05, 0) is 38.0 Å². The third-order valence-corrected chi connectivity index (χ3v) is 3.62. The topological polar surface area (TPSA) is 0 Å². The Bertz CT molecular complexity index is 176. The summed E-state index contributed by atoms with van der Waals surface area (Å²) in [6.07, 6.45) is 5.31. The quantitative estimate of drug-likeness (QED) is 0.526. The van der Waals surface area contributed by atoms with Crippen molar-refractivity contribution >= 4 is 0 Å². The van der Waals surface area contributed by atoms with E-state index in [9.17, 15) is 0 Å². The lowest BCUT2D eigenvalue weighted by Gasteiger charge is -2.24. The molecule has 0 radical (unpaired) electrons. The molecule has 1 aliphatic rings. The first-order valence-corrected chi connectivity index (χ1v) is 4.83. The van der Waals surface area contributed by atoms with Crippen molar-refractivity contribution in [2.24, 2.45) is 5.41 Å². The van der Waals surface area contributed by atoms with Crippen LogP contribution in [0.15, 0.2) is 11.1 Å². The van der Waals surface area contributed by atoms with Crippen LogP contribution in [-0.2, 0) is 0 Å². The summed E-state index contributed by atoms with van der Waals surface area (Å²) in [6.45, 7) is 9.32. The van der Waals surface area contributed by atoms with E-state index in [1.54, 1.807) is 11.1 Å². The van der Waals surface area contributed by atoms with E-state index in [1.165, 1.54) is 25.7 Å². The van der Waals surface area contributed by atoms with Gasteiger partial charge in [-0.1, -0.05) is 31.9 Å². The number of hydrogen-bond donors (Lipinski definition) is 0. The summed E-state index contributed by atoms with van der Waals surface area (Å²) in [5.74, 6) is 0. The van der Waals surface area contributed by atoms with Gasteiger partial charge in [0.1, 0.15) is 0 Å². The van der Waals surface area contributed by atoms with Gasteiger partial charge >= 0.3 is 0 Å². The summed E-state index contributed by atoms with van der Waals surface area (Å²) < 4.78 is 0. The fourth-order valence-electron chi connectivity index (χ4n) is 2.11. The molecule has 11 heavy (non-hydrogen) atoms. The summed E-state index contributed by atoms with van der Waals surface area (Å²) >= 11 is 0. The van der Waals surface area contributed by atoms with Gasteiger partial charge < -0.3 is 0 Å². The van der Waals surface area contributed by atoms with Gasteiger partial charge in [-0.2, -0.15) is 0 Å². The van der Waals surface area contributed by atoms with E-state index in [4.69, 9.17) is 0 Å². The van der Waals surface area contributed by atoms with Crippen LogP contribution in [0, 0.1) is 5.41 Å². The first kappa shape index (κ1) is 8.83. The van der Waals surface area contributed by atoms with Crippen LogP contribution in [0.25, 0.3) is 0 Å². The van der Waals surface area contributed by atoms with Crippen LogP contribution in [0.5, 0.6) is 0 Å². The second-order valence-corrected chi connectivity index (χ2v) is 4.00. The molecule has 0 aromatic heterocycles. The van der Waals surface area contributed by atoms with Crippen molar-refractivity contribution in [3.63, 3.8) is 0 Å². The lowest BCUT2D eigenvalue weighted by molar-refractivity contribution is 0.379. The van der Waals surface area contributed by atoms with Crippen LogP contribution >= 0.6 is 0 Å². The first-order chi connectivity index (χ1) is 5.14. The van der Waals surface area contributed by atoms with Crippen molar-refractivity contribution in [2.75, 3.05) is 0 Å². The lowest BCUT2D eigenvalue weighted by atomic mass is 9.81. The van der Waals surface area contributed by atoms with Crippen LogP contribution in [-0.4, -0.2) is 0 Å². The molecule has 0 saturated carbocycles. The molecule has 0 heterocycles. The zero-order valence-electron chi connectivity index (χ0n) is 8.33. The van der Waals surface area contributed by atoms with E-state index in [-0.39, 0.29) is 0 Å². The minimum atomic E-state index is 0.547. The second kappa shape index (κ2) is 3.00. The minimum absolute atomic E-state index is 0.547. The fraction of sp³-hybridized carbons (Fsp3) is 0.818. The van der Waals surface area contributed by atoms with E-state index in [2.05, 4.69) is 27.7 Å². The van der Waals surface area contributed by atoms with Crippen LogP contribution in [0.3, 0.4) is 0 Å². The van der Waals surface area contributed by atoms with Crippen molar-refractivity contribution in [1.82, 2.24) is 0 Å². The molecule has 1 unspecified atom stereocenters. The van der Waals surface area contributed by atoms with Crippen LogP contribution in [0.2, 0.25) is 0 Å². The molecule has 0 N–H and O–H groups in total. The Morgan fingerprint density at radius 3 is 2.27 bits per heavy atom. The third-order valence-electron chi connectivity index (χ3n) is 3.62. The van der Waals surface area contributed by atoms with Crippen molar-refractivity contribution in [2.45, 2.75) is 53.4 Å². The Labute approximate surface area is 70.7 Å². The SMILES string of the molecule is CCC1=C(C)C(C)(CC)CC1. The Morgan fingerprint density at radius 1 is 1.36 bits per heavy atom. The molecule has 0 heteroatoms. The Morgan fingerprint density at radius 2 is 2.00 bits per heavy atom. The monoisotopic (exact) mass is 152 g/mol. The Hall–Kier alpha value is -0.260. The molecule has 0 fully saturated rings. The number of allylic oxidation sites excluding steroid dienone is 2. The molecule has 1 rings (SSSR count). The van der Waals surface area contributed by atoms with Gasteiger partial charge in [-0.15, -0.1) is 0 Å². The Kier molecular flexibility index (Phi) is 2.41. The van der Waals surface area contributed by atoms with Gasteiger partial charge in [0.15, 0.2) is 0 Å². The molecule has 0 aromatic rings. The molecule has 0 bridgehead atoms. The average molecular weight is 152 g/mol. The molecule has 0 spiro atoms. The van der Waals surface area contributed by atoms with Crippen LogP contribution in [0.4, 0.5) is 0 Å². The Balaban J connectivity index is 2.84. The maximum atomic E-state index is 2.41. The van der Waals surface area contributed by atoms with E-state index < -0.39 is 0 Å². The van der Waals surface area contributed by atoms with Gasteiger partial charge in [0.05, 0.1) is 0 Å². The summed E-state index contributed by atoms with van der Waals surface area (Å²) in [7, 11) is 0. The predicted molar refractivity (Wildman–Crippen MR) is 50.6 cm³/mol. The molecule has 0 aromatic carbocycles. The molecule has 1 aliphatic carbocycles. The summed E-state index contributed by atoms with van der Waals surface area (Å²) in [4.78, 5) is 0. The van der Waals surface area contributed by atoms with E-state index in [1.807, 2.05) is 0 Å². The first-order valence-electron chi connectivity index (χ1n) is 4.83. The minimum Gasteiger partial charge on any atom is -0.0710 e. The highest BCUT2D eigenvalue weighted by Crippen LogP contribution is 2.45. The standard InChI is InChI=1S/C11H20/c1-5-10-7-8-11(4,6-2)9(10)3/h5-8H2,1-4H3. The molecule has 64 valence electrons. The van der Waals surface area contributed by atoms with E-state index in [0.717, 1.165) is 0 Å². The van der Waals surface area contributed by atoms with Crippen molar-refractivity contribution in [1.29, 1.82) is 0 Å². The van der Waals surface area contributed by atoms with Gasteiger partial charge in [-0.25, -0.2) is 0 Å². The zero-order chi connectivity index (χ0) is 8.48. The van der Waals surface area contributed by atoms with Crippen molar-refractivity contribution in [3.05, 3.63) is 11.1 Å². The summed E-state index contributed by atoms with van der Waals surface area (Å²) in [5.41, 5.74) is 3.95. The number of hydrogen-bond acceptors (Lipinski definition) is 0. The lowest BCUT2D eigenvalue weighted by Crippen LogP contribution is -2.11. The van der Waals surface area contributed by atoms with Crippen molar-refractivity contribution < 1.29 is 0 Å². The van der Waals surface area contributed by atoms with Gasteiger partial charge in [0.2, 0.25) is 0 Å². The fourth-order valence-corrected chi connectivity index (χ4v) is 2.11. The maximum Gasteiger partial charge on any atom is -0.0116 e. The summed E-state index contributed by atoms with van der Waals surface area (Å²) in [5, 5.41) is 0. The average Bonchev–Trinajstić information content (AvgIpc) is 2.31. The molecular formula is C11H20. The highest BCUT2D eigenvalue weighted by atomic mass is 14.4. The second-order valence-electron chi connectivity index (χ2n) is 4.00. The third kappa shape index (κ3) is 1.36. The van der Waals surface area contributed by atoms with Crippen LogP contribution in [0.1, 0.15) is 53.4 Å². The molecule has 1 atom stereocenters. The molecule has 0 amide bonds. The summed E-state index contributed by atoms with van der Waals surface area (Å²) in [6, 6.07) is 0. The molecule has 0 nitrogen and oxygen atoms in total. The largest absolute Gasteiger partial charge is 0.0710 e. The van der Waals surface area contributed by atoms with Gasteiger partial charge in [-0.3, -0.25) is 0 Å². The van der Waals surface area contributed by atoms with Crippen molar-refractivity contribution in [3.8, 4) is 0 Å². The normalized spacial score (nSPS) is 31.6. The van der Waals surface area contributed by atoms with E-state index in [0.29, 0.717) is 5.41 Å². The van der Waals surface area contributed by atoms with E-state index >= 15 is 0 Å². The van der Waals surface area contributed by atoms with Gasteiger partial charge in [0.25, 0.3) is 0 Å². The van der Waals surface area contributed by atoms with Gasteiger partial charge in [0, 0.05) is 0 Å². The zero-order valence-corrected chi connectivity index (χ0v) is 8.33. The molecule has 0 saturated heterocycles. The smallest absolute Gasteiger partial charge is 0.0116 e. The maximum absolute atomic E-state index is 2.41. The molecular weight excluding hydrogens is 132 g/mol. The number of rotatable bonds is 2.